The van der Waals surface area contributed by atoms with E-state index in [2.05, 4.69) is 6.07 Å². The highest BCUT2D eigenvalue weighted by molar-refractivity contribution is 7.98. The molecule has 3 aliphatic rings. The highest BCUT2D eigenvalue weighted by Crippen LogP contribution is 2.60. The standard InChI is InChI=1S/C18H18N2O3S/c1-17-6-7-18(2,23-17)14-13(17)15(21)20(16(14)22)11-5-4-10(9-19)12(8-11)24-3/h4-5,8,13-14H,6-7H2,1-3H3/t13-,14+,17-,18+. The highest BCUT2D eigenvalue weighted by atomic mass is 32.2. The molecule has 4 rings (SSSR count). The van der Waals surface area contributed by atoms with Crippen molar-refractivity contribution in [2.75, 3.05) is 11.2 Å². The summed E-state index contributed by atoms with van der Waals surface area (Å²) in [4.78, 5) is 28.2. The fourth-order valence-corrected chi connectivity index (χ4v) is 5.21. The van der Waals surface area contributed by atoms with Crippen molar-refractivity contribution < 1.29 is 14.3 Å². The number of nitrogens with zero attached hydrogens (tertiary/aromatic N) is 2. The Morgan fingerprint density at radius 1 is 1.21 bits per heavy atom. The maximum absolute atomic E-state index is 13.0. The molecule has 0 aliphatic carbocycles. The van der Waals surface area contributed by atoms with Gasteiger partial charge in [0, 0.05) is 4.90 Å². The zero-order valence-electron chi connectivity index (χ0n) is 13.8. The summed E-state index contributed by atoms with van der Waals surface area (Å²) in [7, 11) is 0. The van der Waals surface area contributed by atoms with Crippen molar-refractivity contribution in [3.63, 3.8) is 0 Å². The van der Waals surface area contributed by atoms with Crippen molar-refractivity contribution in [2.24, 2.45) is 11.8 Å². The Bertz CT molecular complexity index is 783. The molecule has 4 atom stereocenters. The number of carbonyl (C=O) groups excluding carboxylic acids is 2. The van der Waals surface area contributed by atoms with Crippen LogP contribution < -0.4 is 4.90 Å². The molecule has 2 amide bonds. The molecule has 24 heavy (non-hydrogen) atoms. The number of carbonyl (C=O) groups is 2. The number of hydrogen-bond donors (Lipinski definition) is 0. The van der Waals surface area contributed by atoms with Gasteiger partial charge in [0.25, 0.3) is 0 Å². The van der Waals surface area contributed by atoms with Gasteiger partial charge in [0.1, 0.15) is 6.07 Å². The fraction of sp³-hybridized carbons (Fsp3) is 0.500. The van der Waals surface area contributed by atoms with Crippen LogP contribution in [0.2, 0.25) is 0 Å². The summed E-state index contributed by atoms with van der Waals surface area (Å²) in [6.07, 6.45) is 3.49. The van der Waals surface area contributed by atoms with Gasteiger partial charge >= 0.3 is 0 Å². The minimum Gasteiger partial charge on any atom is -0.367 e. The molecule has 1 aromatic carbocycles. The zero-order chi connectivity index (χ0) is 17.3. The van der Waals surface area contributed by atoms with Crippen molar-refractivity contribution in [2.45, 2.75) is 42.8 Å². The molecule has 0 aromatic heterocycles. The van der Waals surface area contributed by atoms with Crippen LogP contribution in [0.1, 0.15) is 32.3 Å². The number of anilines is 1. The summed E-state index contributed by atoms with van der Waals surface area (Å²) >= 11 is 1.43. The molecule has 0 radical (unpaired) electrons. The van der Waals surface area contributed by atoms with E-state index in [1.54, 1.807) is 18.2 Å². The third kappa shape index (κ3) is 1.80. The Hall–Kier alpha value is -1.84. The summed E-state index contributed by atoms with van der Waals surface area (Å²) in [6, 6.07) is 7.25. The van der Waals surface area contributed by atoms with E-state index in [9.17, 15) is 9.59 Å². The summed E-state index contributed by atoms with van der Waals surface area (Å²) in [6.45, 7) is 3.90. The van der Waals surface area contributed by atoms with E-state index >= 15 is 0 Å². The largest absolute Gasteiger partial charge is 0.367 e. The van der Waals surface area contributed by atoms with E-state index in [4.69, 9.17) is 10.00 Å². The van der Waals surface area contributed by atoms with Crippen molar-refractivity contribution >= 4 is 29.3 Å². The molecule has 5 nitrogen and oxygen atoms in total. The van der Waals surface area contributed by atoms with Crippen LogP contribution in [-0.2, 0) is 14.3 Å². The topological polar surface area (TPSA) is 70.4 Å². The number of nitriles is 1. The van der Waals surface area contributed by atoms with E-state index in [1.165, 1.54) is 16.7 Å². The molecule has 3 heterocycles. The first-order chi connectivity index (χ1) is 11.3. The molecule has 124 valence electrons. The molecular formula is C18H18N2O3S. The number of amides is 2. The minimum atomic E-state index is -0.546. The third-order valence-electron chi connectivity index (χ3n) is 5.77. The van der Waals surface area contributed by atoms with Crippen molar-refractivity contribution in [3.05, 3.63) is 23.8 Å². The van der Waals surface area contributed by atoms with Crippen LogP contribution in [-0.4, -0.2) is 29.3 Å². The van der Waals surface area contributed by atoms with E-state index in [-0.39, 0.29) is 11.8 Å². The number of imide groups is 1. The first-order valence-electron chi connectivity index (χ1n) is 8.01. The van der Waals surface area contributed by atoms with Crippen molar-refractivity contribution in [1.29, 1.82) is 5.26 Å². The van der Waals surface area contributed by atoms with Gasteiger partial charge in [0.15, 0.2) is 0 Å². The number of ether oxygens (including phenoxy) is 1. The lowest BCUT2D eigenvalue weighted by atomic mass is 9.69. The third-order valence-corrected chi connectivity index (χ3v) is 6.55. The second-order valence-electron chi connectivity index (χ2n) is 7.19. The van der Waals surface area contributed by atoms with Gasteiger partial charge in [-0.25, -0.2) is 4.90 Å². The summed E-state index contributed by atoms with van der Waals surface area (Å²) < 4.78 is 6.11. The zero-order valence-corrected chi connectivity index (χ0v) is 14.6. The lowest BCUT2D eigenvalue weighted by molar-refractivity contribution is -0.129. The molecule has 0 N–H and O–H groups in total. The average Bonchev–Trinajstić information content (AvgIpc) is 3.11. The molecule has 2 bridgehead atoms. The van der Waals surface area contributed by atoms with Crippen LogP contribution in [0.25, 0.3) is 0 Å². The molecule has 0 saturated carbocycles. The first kappa shape index (κ1) is 15.7. The van der Waals surface area contributed by atoms with E-state index < -0.39 is 23.0 Å². The molecular weight excluding hydrogens is 324 g/mol. The van der Waals surface area contributed by atoms with E-state index in [1.807, 2.05) is 20.1 Å². The summed E-state index contributed by atoms with van der Waals surface area (Å²) in [5.41, 5.74) is 0.00769. The smallest absolute Gasteiger partial charge is 0.240 e. The molecule has 3 saturated heterocycles. The Kier molecular flexibility index (Phi) is 3.16. The Labute approximate surface area is 145 Å². The average molecular weight is 342 g/mol. The molecule has 1 aromatic rings. The number of fused-ring (bicyclic) bond motifs is 5. The van der Waals surface area contributed by atoms with Crippen LogP contribution in [0.5, 0.6) is 0 Å². The monoisotopic (exact) mass is 342 g/mol. The number of thioether (sulfide) groups is 1. The predicted molar refractivity (Wildman–Crippen MR) is 89.5 cm³/mol. The Morgan fingerprint density at radius 3 is 2.29 bits per heavy atom. The van der Waals surface area contributed by atoms with Gasteiger partial charge in [0.2, 0.25) is 11.8 Å². The van der Waals surface area contributed by atoms with Crippen LogP contribution in [0.4, 0.5) is 5.69 Å². The van der Waals surface area contributed by atoms with Gasteiger partial charge in [-0.05, 0) is 51.1 Å². The van der Waals surface area contributed by atoms with E-state index in [0.717, 1.165) is 17.7 Å². The predicted octanol–water partition coefficient (Wildman–Crippen LogP) is 2.73. The summed E-state index contributed by atoms with van der Waals surface area (Å²) in [5, 5.41) is 9.16. The maximum atomic E-state index is 13.0. The normalized spacial score (nSPS) is 37.0. The fourth-order valence-electron chi connectivity index (χ4n) is 4.63. The number of hydrogen-bond acceptors (Lipinski definition) is 5. The van der Waals surface area contributed by atoms with Gasteiger partial charge in [0.05, 0.1) is 34.3 Å². The molecule has 0 spiro atoms. The Morgan fingerprint density at radius 2 is 1.79 bits per heavy atom. The molecule has 3 fully saturated rings. The lowest BCUT2D eigenvalue weighted by Gasteiger charge is -2.27. The van der Waals surface area contributed by atoms with E-state index in [0.29, 0.717) is 11.3 Å². The van der Waals surface area contributed by atoms with Gasteiger partial charge < -0.3 is 4.74 Å². The first-order valence-corrected chi connectivity index (χ1v) is 9.23. The SMILES string of the molecule is CSc1cc(N2C(=O)[C@@H]3[C@H](C2=O)[C@@]2(C)CC[C@]3(C)O2)ccc1C#N. The quantitative estimate of drug-likeness (QED) is 0.610. The highest BCUT2D eigenvalue weighted by Gasteiger charge is 2.72. The minimum absolute atomic E-state index is 0.173. The van der Waals surface area contributed by atoms with Crippen LogP contribution >= 0.6 is 11.8 Å². The van der Waals surface area contributed by atoms with Gasteiger partial charge in [-0.1, -0.05) is 0 Å². The van der Waals surface area contributed by atoms with Crippen molar-refractivity contribution in [1.82, 2.24) is 0 Å². The van der Waals surface area contributed by atoms with Gasteiger partial charge in [-0.3, -0.25) is 9.59 Å². The molecule has 0 unspecified atom stereocenters. The lowest BCUT2D eigenvalue weighted by Crippen LogP contribution is -2.40. The molecule has 3 aliphatic heterocycles. The Balaban J connectivity index is 1.78. The van der Waals surface area contributed by atoms with Crippen LogP contribution in [0.3, 0.4) is 0 Å². The van der Waals surface area contributed by atoms with Gasteiger partial charge in [-0.15, -0.1) is 11.8 Å². The second-order valence-corrected chi connectivity index (χ2v) is 8.04. The van der Waals surface area contributed by atoms with Gasteiger partial charge in [-0.2, -0.15) is 5.26 Å². The number of rotatable bonds is 2. The number of benzene rings is 1. The maximum Gasteiger partial charge on any atom is 0.240 e. The van der Waals surface area contributed by atoms with Crippen LogP contribution in [0.15, 0.2) is 23.1 Å². The second kappa shape index (κ2) is 4.84. The van der Waals surface area contributed by atoms with Crippen LogP contribution in [0, 0.1) is 23.2 Å². The summed E-state index contributed by atoms with van der Waals surface area (Å²) in [5.74, 6) is -1.16. The van der Waals surface area contributed by atoms with Crippen molar-refractivity contribution in [3.8, 4) is 6.07 Å². The molecule has 6 heteroatoms.